The smallest absolute Gasteiger partial charge is 0.422 e. The number of carbonyl (C=O) groups is 1. The predicted molar refractivity (Wildman–Crippen MR) is 116 cm³/mol. The fourth-order valence-corrected chi connectivity index (χ4v) is 3.49. The Bertz CT molecular complexity index is 1290. The van der Waals surface area contributed by atoms with Gasteiger partial charge in [0.2, 0.25) is 5.91 Å². The van der Waals surface area contributed by atoms with Gasteiger partial charge < -0.3 is 25.7 Å². The first kappa shape index (κ1) is 20.5. The molecule has 31 heavy (non-hydrogen) atoms. The van der Waals surface area contributed by atoms with Crippen LogP contribution in [-0.4, -0.2) is 37.6 Å². The van der Waals surface area contributed by atoms with E-state index >= 15 is 0 Å². The van der Waals surface area contributed by atoms with E-state index in [1.807, 2.05) is 6.07 Å². The predicted octanol–water partition coefficient (Wildman–Crippen LogP) is 1.17. The minimum Gasteiger partial charge on any atom is -0.422 e. The number of hydrogen-bond donors (Lipinski definition) is 4. The molecule has 0 radical (unpaired) electrons. The Balaban J connectivity index is 1.79. The number of aromatic nitrogens is 3. The van der Waals surface area contributed by atoms with Gasteiger partial charge in [0.25, 0.3) is 0 Å². The average molecular weight is 419 g/mol. The molecule has 0 bridgehead atoms. The second kappa shape index (κ2) is 8.17. The number of primary amides is 1. The molecule has 0 aliphatic carbocycles. The van der Waals surface area contributed by atoms with Crippen molar-refractivity contribution in [1.29, 1.82) is 0 Å². The summed E-state index contributed by atoms with van der Waals surface area (Å²) in [6.07, 6.45) is 1.75. The van der Waals surface area contributed by atoms with Crippen LogP contribution >= 0.6 is 0 Å². The van der Waals surface area contributed by atoms with Crippen LogP contribution in [0.25, 0.3) is 22.3 Å². The van der Waals surface area contributed by atoms with Crippen molar-refractivity contribution in [2.75, 3.05) is 5.32 Å². The Labute approximate surface area is 177 Å². The first-order valence-corrected chi connectivity index (χ1v) is 9.45. The number of carbonyl (C=O) groups excluding carboxylic acids is 1. The first-order chi connectivity index (χ1) is 14.8. The molecule has 8 nitrogen and oxygen atoms in total. The number of nitrogens with zero attached hydrogens (tertiary/aromatic N) is 3. The minimum atomic E-state index is -1.82. The van der Waals surface area contributed by atoms with E-state index in [0.29, 0.717) is 33.4 Å². The van der Waals surface area contributed by atoms with Crippen molar-refractivity contribution in [3.63, 3.8) is 0 Å². The van der Waals surface area contributed by atoms with Gasteiger partial charge in [-0.15, -0.1) is 0 Å². The molecule has 4 rings (SSSR count). The SMILES string of the molecule is Cn1cc2c(C(N)=O)cccc2c1-c1nc(NCc2cccc(F)c2)cc(B(O)O)n1. The Hall–Kier alpha value is -3.76. The van der Waals surface area contributed by atoms with E-state index in [4.69, 9.17) is 5.73 Å². The van der Waals surface area contributed by atoms with Gasteiger partial charge in [-0.05, 0) is 29.8 Å². The van der Waals surface area contributed by atoms with Crippen LogP contribution in [-0.2, 0) is 13.6 Å². The van der Waals surface area contributed by atoms with Crippen LogP contribution in [0.4, 0.5) is 10.2 Å². The van der Waals surface area contributed by atoms with E-state index < -0.39 is 13.0 Å². The molecule has 0 saturated carbocycles. The Morgan fingerprint density at radius 1 is 1.16 bits per heavy atom. The third-order valence-corrected chi connectivity index (χ3v) is 4.89. The molecule has 156 valence electrons. The van der Waals surface area contributed by atoms with Crippen molar-refractivity contribution in [3.05, 3.63) is 71.7 Å². The van der Waals surface area contributed by atoms with Crippen molar-refractivity contribution < 1.29 is 19.2 Å². The minimum absolute atomic E-state index is 0.00727. The van der Waals surface area contributed by atoms with Crippen LogP contribution in [0.3, 0.4) is 0 Å². The van der Waals surface area contributed by atoms with Crippen LogP contribution in [0.15, 0.2) is 54.7 Å². The number of amides is 1. The maximum atomic E-state index is 13.4. The number of nitrogens with one attached hydrogen (secondary N) is 1. The molecule has 0 fully saturated rings. The van der Waals surface area contributed by atoms with Gasteiger partial charge in [0.1, 0.15) is 11.6 Å². The average Bonchev–Trinajstić information content (AvgIpc) is 3.07. The normalized spacial score (nSPS) is 11.0. The summed E-state index contributed by atoms with van der Waals surface area (Å²) in [5, 5.41) is 23.8. The zero-order chi connectivity index (χ0) is 22.1. The highest BCUT2D eigenvalue weighted by Crippen LogP contribution is 2.30. The maximum absolute atomic E-state index is 13.4. The lowest BCUT2D eigenvalue weighted by Crippen LogP contribution is -2.33. The van der Waals surface area contributed by atoms with E-state index in [1.54, 1.807) is 42.1 Å². The van der Waals surface area contributed by atoms with E-state index in [1.165, 1.54) is 18.2 Å². The number of rotatable bonds is 6. The van der Waals surface area contributed by atoms with Crippen molar-refractivity contribution in [2.24, 2.45) is 12.8 Å². The largest absolute Gasteiger partial charge is 0.508 e. The molecule has 2 heterocycles. The lowest BCUT2D eigenvalue weighted by Gasteiger charge is -2.11. The fraction of sp³-hybridized carbons (Fsp3) is 0.0952. The van der Waals surface area contributed by atoms with Crippen LogP contribution in [0.5, 0.6) is 0 Å². The molecule has 4 aromatic rings. The van der Waals surface area contributed by atoms with Gasteiger partial charge in [0.05, 0.1) is 11.3 Å². The molecule has 0 aliphatic rings. The molecule has 2 aromatic heterocycles. The Kier molecular flexibility index (Phi) is 5.41. The van der Waals surface area contributed by atoms with Gasteiger partial charge in [-0.25, -0.2) is 14.4 Å². The molecule has 0 spiro atoms. The van der Waals surface area contributed by atoms with E-state index in [2.05, 4.69) is 15.3 Å². The zero-order valence-corrected chi connectivity index (χ0v) is 16.6. The summed E-state index contributed by atoms with van der Waals surface area (Å²) in [6.45, 7) is 0.273. The molecule has 0 saturated heterocycles. The van der Waals surface area contributed by atoms with E-state index in [0.717, 1.165) is 0 Å². The second-order valence-corrected chi connectivity index (χ2v) is 7.08. The monoisotopic (exact) mass is 419 g/mol. The summed E-state index contributed by atoms with van der Waals surface area (Å²) in [4.78, 5) is 20.6. The highest BCUT2D eigenvalue weighted by molar-refractivity contribution is 6.57. The summed E-state index contributed by atoms with van der Waals surface area (Å²) < 4.78 is 15.2. The van der Waals surface area contributed by atoms with Crippen molar-refractivity contribution in [3.8, 4) is 11.5 Å². The van der Waals surface area contributed by atoms with E-state index in [-0.39, 0.29) is 23.8 Å². The number of benzene rings is 2. The third-order valence-electron chi connectivity index (χ3n) is 4.89. The van der Waals surface area contributed by atoms with Crippen molar-refractivity contribution >= 4 is 35.2 Å². The van der Waals surface area contributed by atoms with Gasteiger partial charge >= 0.3 is 7.12 Å². The van der Waals surface area contributed by atoms with Gasteiger partial charge in [-0.2, -0.15) is 0 Å². The van der Waals surface area contributed by atoms with Crippen LogP contribution in [0, 0.1) is 5.82 Å². The van der Waals surface area contributed by atoms with Crippen LogP contribution in [0.2, 0.25) is 0 Å². The van der Waals surface area contributed by atoms with Gasteiger partial charge in [0.15, 0.2) is 5.82 Å². The van der Waals surface area contributed by atoms with Crippen LogP contribution < -0.4 is 16.6 Å². The molecule has 5 N–H and O–H groups in total. The highest BCUT2D eigenvalue weighted by atomic mass is 19.1. The standard InChI is InChI=1S/C21H19BFN5O3/c1-28-11-16-14(6-3-7-15(16)20(24)29)19(28)21-26-17(22(30)31)9-18(27-21)25-10-12-4-2-5-13(23)8-12/h2-9,11,30-31H,10H2,1H3,(H2,24,29)(H,25,26,27). The lowest BCUT2D eigenvalue weighted by molar-refractivity contribution is 0.100. The Morgan fingerprint density at radius 3 is 2.65 bits per heavy atom. The number of aryl methyl sites for hydroxylation is 1. The van der Waals surface area contributed by atoms with Crippen molar-refractivity contribution in [1.82, 2.24) is 14.5 Å². The first-order valence-electron chi connectivity index (χ1n) is 9.45. The summed E-state index contributed by atoms with van der Waals surface area (Å²) in [5.74, 6) is -0.348. The second-order valence-electron chi connectivity index (χ2n) is 7.08. The summed E-state index contributed by atoms with van der Waals surface area (Å²) in [7, 11) is -0.0464. The molecule has 0 atom stereocenters. The molecule has 0 aliphatic heterocycles. The molecule has 2 aromatic carbocycles. The van der Waals surface area contributed by atoms with Crippen molar-refractivity contribution in [2.45, 2.75) is 6.54 Å². The van der Waals surface area contributed by atoms with E-state index in [9.17, 15) is 19.2 Å². The number of halogens is 1. The maximum Gasteiger partial charge on any atom is 0.508 e. The molecule has 10 heteroatoms. The van der Waals surface area contributed by atoms with Crippen LogP contribution in [0.1, 0.15) is 15.9 Å². The number of hydrogen-bond acceptors (Lipinski definition) is 6. The summed E-state index contributed by atoms with van der Waals surface area (Å²) in [6, 6.07) is 12.7. The summed E-state index contributed by atoms with van der Waals surface area (Å²) >= 11 is 0. The molecular formula is C21H19BFN5O3. The summed E-state index contributed by atoms with van der Waals surface area (Å²) in [5.41, 5.74) is 7.12. The quantitative estimate of drug-likeness (QED) is 0.348. The lowest BCUT2D eigenvalue weighted by atomic mass is 9.86. The highest BCUT2D eigenvalue weighted by Gasteiger charge is 2.21. The molecule has 0 unspecified atom stereocenters. The Morgan fingerprint density at radius 2 is 1.94 bits per heavy atom. The zero-order valence-electron chi connectivity index (χ0n) is 16.6. The van der Waals surface area contributed by atoms with Gasteiger partial charge in [-0.3, -0.25) is 4.79 Å². The number of anilines is 1. The topological polar surface area (TPSA) is 126 Å². The number of nitrogens with two attached hydrogens (primary N) is 1. The van der Waals surface area contributed by atoms with Gasteiger partial charge in [0, 0.05) is 36.1 Å². The van der Waals surface area contributed by atoms with Gasteiger partial charge in [-0.1, -0.05) is 24.3 Å². The molecule has 1 amide bonds. The fourth-order valence-electron chi connectivity index (χ4n) is 3.49. The number of fused-ring (bicyclic) bond motifs is 1. The third kappa shape index (κ3) is 4.11. The molecular weight excluding hydrogens is 400 g/mol.